The van der Waals surface area contributed by atoms with Crippen LogP contribution in [0.15, 0.2) is 24.3 Å². The molecule has 2 nitrogen and oxygen atoms in total. The number of aryl methyl sites for hydroxylation is 1. The van der Waals surface area contributed by atoms with Gasteiger partial charge in [-0.05, 0) is 37.2 Å². The largest absolute Gasteiger partial charge is 0.469 e. The summed E-state index contributed by atoms with van der Waals surface area (Å²) in [5.74, 6) is 0.891. The van der Waals surface area contributed by atoms with E-state index in [9.17, 15) is 4.79 Å². The summed E-state index contributed by atoms with van der Waals surface area (Å²) in [6.07, 6.45) is 6.72. The van der Waals surface area contributed by atoms with Crippen molar-refractivity contribution >= 4 is 5.97 Å². The summed E-state index contributed by atoms with van der Waals surface area (Å²) in [5, 5.41) is 0. The Hall–Kier alpha value is -1.31. The van der Waals surface area contributed by atoms with Crippen molar-refractivity contribution in [3.63, 3.8) is 0 Å². The van der Waals surface area contributed by atoms with E-state index in [-0.39, 0.29) is 5.97 Å². The molecule has 2 heteroatoms. The van der Waals surface area contributed by atoms with Gasteiger partial charge in [-0.15, -0.1) is 0 Å². The molecule has 0 heterocycles. The number of methoxy groups -OCH3 is 1. The third-order valence-corrected chi connectivity index (χ3v) is 4.29. The number of hydrogen-bond donors (Lipinski definition) is 0. The Labute approximate surface area is 116 Å². The molecule has 2 unspecified atom stereocenters. The number of rotatable bonds is 3. The maximum atomic E-state index is 11.6. The fourth-order valence-corrected chi connectivity index (χ4v) is 3.27. The van der Waals surface area contributed by atoms with Crippen molar-refractivity contribution in [3.8, 4) is 0 Å². The number of hydrogen-bond acceptors (Lipinski definition) is 2. The van der Waals surface area contributed by atoms with Gasteiger partial charge in [0.15, 0.2) is 0 Å². The van der Waals surface area contributed by atoms with E-state index in [0.717, 1.165) is 6.42 Å². The second kappa shape index (κ2) is 6.74. The van der Waals surface area contributed by atoms with Crippen LogP contribution in [0, 0.1) is 12.8 Å². The molecule has 0 aromatic heterocycles. The Balaban J connectivity index is 2.19. The van der Waals surface area contributed by atoms with Crippen molar-refractivity contribution in [1.82, 2.24) is 0 Å². The van der Waals surface area contributed by atoms with E-state index in [1.54, 1.807) is 0 Å². The fourth-order valence-electron chi connectivity index (χ4n) is 3.27. The highest BCUT2D eigenvalue weighted by Crippen LogP contribution is 2.38. The van der Waals surface area contributed by atoms with Crippen molar-refractivity contribution in [1.29, 1.82) is 0 Å². The Morgan fingerprint density at radius 1 is 1.26 bits per heavy atom. The molecule has 0 bridgehead atoms. The molecule has 1 aromatic rings. The van der Waals surface area contributed by atoms with Crippen LogP contribution in [0.4, 0.5) is 0 Å². The molecular weight excluding hydrogens is 236 g/mol. The number of carbonyl (C=O) groups is 1. The highest BCUT2D eigenvalue weighted by molar-refractivity contribution is 5.69. The minimum Gasteiger partial charge on any atom is -0.469 e. The lowest BCUT2D eigenvalue weighted by Gasteiger charge is -2.25. The summed E-state index contributed by atoms with van der Waals surface area (Å²) < 4.78 is 4.86. The van der Waals surface area contributed by atoms with E-state index in [1.165, 1.54) is 43.9 Å². The monoisotopic (exact) mass is 260 g/mol. The van der Waals surface area contributed by atoms with Gasteiger partial charge in [0, 0.05) is 6.42 Å². The number of ether oxygens (including phenoxy) is 1. The molecule has 2 atom stereocenters. The molecule has 0 radical (unpaired) electrons. The van der Waals surface area contributed by atoms with Crippen LogP contribution >= 0.6 is 0 Å². The topological polar surface area (TPSA) is 26.3 Å². The van der Waals surface area contributed by atoms with E-state index in [0.29, 0.717) is 18.3 Å². The minimum atomic E-state index is -0.0652. The van der Waals surface area contributed by atoms with Crippen LogP contribution in [0.1, 0.15) is 55.6 Å². The quantitative estimate of drug-likeness (QED) is 0.600. The average Bonchev–Trinajstić information content (AvgIpc) is 2.64. The van der Waals surface area contributed by atoms with Crippen LogP contribution in [0.3, 0.4) is 0 Å². The summed E-state index contributed by atoms with van der Waals surface area (Å²) in [7, 11) is 1.49. The summed E-state index contributed by atoms with van der Waals surface area (Å²) in [4.78, 5) is 11.6. The Morgan fingerprint density at radius 2 is 2.05 bits per heavy atom. The smallest absolute Gasteiger partial charge is 0.305 e. The molecule has 0 spiro atoms. The van der Waals surface area contributed by atoms with Crippen LogP contribution in [-0.4, -0.2) is 13.1 Å². The number of carbonyl (C=O) groups excluding carboxylic acids is 1. The first-order valence-corrected chi connectivity index (χ1v) is 7.34. The molecule has 0 amide bonds. The van der Waals surface area contributed by atoms with E-state index in [2.05, 4.69) is 31.2 Å². The van der Waals surface area contributed by atoms with Crippen LogP contribution < -0.4 is 0 Å². The van der Waals surface area contributed by atoms with Gasteiger partial charge in [0.25, 0.3) is 0 Å². The van der Waals surface area contributed by atoms with Gasteiger partial charge in [-0.2, -0.15) is 0 Å². The highest BCUT2D eigenvalue weighted by atomic mass is 16.5. The molecule has 0 N–H and O–H groups in total. The average molecular weight is 260 g/mol. The van der Waals surface area contributed by atoms with Gasteiger partial charge in [-0.1, -0.05) is 49.1 Å². The zero-order valence-electron chi connectivity index (χ0n) is 12.0. The van der Waals surface area contributed by atoms with Crippen LogP contribution in [-0.2, 0) is 9.53 Å². The molecular formula is C17H24O2. The van der Waals surface area contributed by atoms with Crippen LogP contribution in [0.25, 0.3) is 0 Å². The first-order chi connectivity index (χ1) is 9.20. The maximum absolute atomic E-state index is 11.6. The van der Waals surface area contributed by atoms with E-state index in [4.69, 9.17) is 4.74 Å². The van der Waals surface area contributed by atoms with Gasteiger partial charge in [0.2, 0.25) is 0 Å². The third kappa shape index (κ3) is 3.82. The molecule has 1 aliphatic carbocycles. The van der Waals surface area contributed by atoms with Crippen LogP contribution in [0.5, 0.6) is 0 Å². The zero-order valence-corrected chi connectivity index (χ0v) is 12.0. The summed E-state index contributed by atoms with van der Waals surface area (Å²) in [6, 6.07) is 8.76. The minimum absolute atomic E-state index is 0.0652. The lowest BCUT2D eigenvalue weighted by atomic mass is 9.80. The summed E-state index contributed by atoms with van der Waals surface area (Å²) in [5.41, 5.74) is 2.70. The van der Waals surface area contributed by atoms with Gasteiger partial charge >= 0.3 is 5.97 Å². The Bertz CT molecular complexity index is 425. The lowest BCUT2D eigenvalue weighted by Crippen LogP contribution is -2.17. The molecule has 1 saturated carbocycles. The second-order valence-electron chi connectivity index (χ2n) is 5.70. The van der Waals surface area contributed by atoms with E-state index < -0.39 is 0 Å². The van der Waals surface area contributed by atoms with Crippen molar-refractivity contribution in [2.75, 3.05) is 7.11 Å². The number of esters is 1. The molecule has 0 saturated heterocycles. The van der Waals surface area contributed by atoms with Gasteiger partial charge < -0.3 is 4.74 Å². The summed E-state index contributed by atoms with van der Waals surface area (Å²) >= 11 is 0. The number of benzene rings is 1. The van der Waals surface area contributed by atoms with Gasteiger partial charge in [0.1, 0.15) is 0 Å². The van der Waals surface area contributed by atoms with Gasteiger partial charge in [-0.25, -0.2) is 0 Å². The van der Waals surface area contributed by atoms with Crippen molar-refractivity contribution in [3.05, 3.63) is 35.4 Å². The third-order valence-electron chi connectivity index (χ3n) is 4.29. The van der Waals surface area contributed by atoms with Gasteiger partial charge in [-0.3, -0.25) is 4.79 Å². The Kier molecular flexibility index (Phi) is 5.00. The molecule has 1 fully saturated rings. The normalized spacial score (nSPS) is 23.7. The molecule has 104 valence electrons. The van der Waals surface area contributed by atoms with E-state index >= 15 is 0 Å². The fraction of sp³-hybridized carbons (Fsp3) is 0.588. The summed E-state index contributed by atoms with van der Waals surface area (Å²) in [6.45, 7) is 2.13. The standard InChI is InChI=1S/C17H24O2/c1-13-7-6-9-14(11-13)16-10-5-3-4-8-15(16)12-17(18)19-2/h6-7,9,11,15-16H,3-5,8,10,12H2,1-2H3. The molecule has 19 heavy (non-hydrogen) atoms. The van der Waals surface area contributed by atoms with Crippen molar-refractivity contribution in [2.24, 2.45) is 5.92 Å². The molecule has 1 aromatic carbocycles. The van der Waals surface area contributed by atoms with Gasteiger partial charge in [0.05, 0.1) is 7.11 Å². The first-order valence-electron chi connectivity index (χ1n) is 7.34. The van der Waals surface area contributed by atoms with Crippen molar-refractivity contribution in [2.45, 2.75) is 51.4 Å². The molecule has 1 aliphatic rings. The maximum Gasteiger partial charge on any atom is 0.305 e. The second-order valence-corrected chi connectivity index (χ2v) is 5.70. The lowest BCUT2D eigenvalue weighted by molar-refractivity contribution is -0.142. The van der Waals surface area contributed by atoms with Crippen molar-refractivity contribution < 1.29 is 9.53 Å². The molecule has 0 aliphatic heterocycles. The zero-order chi connectivity index (χ0) is 13.7. The predicted octanol–water partition coefficient (Wildman–Crippen LogP) is 4.22. The predicted molar refractivity (Wildman–Crippen MR) is 77.1 cm³/mol. The first kappa shape index (κ1) is 14.1. The van der Waals surface area contributed by atoms with E-state index in [1.807, 2.05) is 0 Å². The Morgan fingerprint density at radius 3 is 2.79 bits per heavy atom. The highest BCUT2D eigenvalue weighted by Gasteiger charge is 2.27. The SMILES string of the molecule is COC(=O)CC1CCCCCC1c1cccc(C)c1. The molecule has 2 rings (SSSR count). The van der Waals surface area contributed by atoms with Crippen LogP contribution in [0.2, 0.25) is 0 Å².